The van der Waals surface area contributed by atoms with Crippen LogP contribution in [0.15, 0.2) is 97.1 Å². The molecule has 4 rings (SSSR count). The van der Waals surface area contributed by atoms with Crippen molar-refractivity contribution in [1.29, 1.82) is 0 Å². The van der Waals surface area contributed by atoms with Gasteiger partial charge in [-0.05, 0) is 59.7 Å². The number of esters is 2. The minimum atomic E-state index is -4.90. The molecular weight excluding hydrogens is 608 g/mol. The quantitative estimate of drug-likeness (QED) is 0.0492. The molecule has 0 aliphatic carbocycles. The molecule has 228 valence electrons. The van der Waals surface area contributed by atoms with E-state index >= 15 is 0 Å². The standard InChI is InChI=1S/C30H16F8O6/c1-16(27(39)41-21-10-12-23(25(31)14-21)17-2-6-19(7-3-17)43-29(33,34)35)28(40)42-22-11-13-24(26(32)15-22)18-4-8-20(9-5-18)44-30(36,37)38/h2-15H,1H2. The molecule has 0 unspecified atom stereocenters. The highest BCUT2D eigenvalue weighted by Gasteiger charge is 2.32. The van der Waals surface area contributed by atoms with Crippen LogP contribution in [0.1, 0.15) is 0 Å². The lowest BCUT2D eigenvalue weighted by Crippen LogP contribution is -2.21. The summed E-state index contributed by atoms with van der Waals surface area (Å²) in [5.74, 6) is -6.18. The molecule has 0 radical (unpaired) electrons. The van der Waals surface area contributed by atoms with Gasteiger partial charge in [0.2, 0.25) is 0 Å². The second-order valence-corrected chi connectivity index (χ2v) is 8.69. The molecule has 0 aromatic heterocycles. The number of alkyl halides is 6. The van der Waals surface area contributed by atoms with E-state index in [4.69, 9.17) is 9.47 Å². The van der Waals surface area contributed by atoms with Crippen LogP contribution < -0.4 is 18.9 Å². The van der Waals surface area contributed by atoms with Crippen LogP contribution in [0.25, 0.3) is 22.3 Å². The van der Waals surface area contributed by atoms with E-state index in [0.29, 0.717) is 0 Å². The van der Waals surface area contributed by atoms with Crippen LogP contribution in [0.5, 0.6) is 23.0 Å². The third-order valence-electron chi connectivity index (χ3n) is 5.59. The average molecular weight is 624 g/mol. The van der Waals surface area contributed by atoms with Gasteiger partial charge in [0.05, 0.1) is 0 Å². The zero-order valence-electron chi connectivity index (χ0n) is 21.8. The number of rotatable bonds is 8. The lowest BCUT2D eigenvalue weighted by atomic mass is 10.0. The van der Waals surface area contributed by atoms with Crippen molar-refractivity contribution < 1.29 is 63.7 Å². The Morgan fingerprint density at radius 1 is 0.523 bits per heavy atom. The topological polar surface area (TPSA) is 71.1 Å². The first kappa shape index (κ1) is 31.5. The Hall–Kier alpha value is -5.40. The van der Waals surface area contributed by atoms with Crippen LogP contribution in [-0.2, 0) is 9.59 Å². The molecule has 0 amide bonds. The molecule has 6 nitrogen and oxygen atoms in total. The Morgan fingerprint density at radius 2 is 0.841 bits per heavy atom. The monoisotopic (exact) mass is 624 g/mol. The molecule has 0 N–H and O–H groups in total. The molecule has 0 spiro atoms. The zero-order valence-corrected chi connectivity index (χ0v) is 21.8. The number of hydrogen-bond donors (Lipinski definition) is 0. The van der Waals surface area contributed by atoms with E-state index in [-0.39, 0.29) is 33.8 Å². The van der Waals surface area contributed by atoms with Gasteiger partial charge in [-0.2, -0.15) is 0 Å². The average Bonchev–Trinajstić information content (AvgIpc) is 2.92. The molecule has 14 heteroatoms. The second-order valence-electron chi connectivity index (χ2n) is 8.69. The molecule has 0 fully saturated rings. The molecule has 4 aromatic carbocycles. The van der Waals surface area contributed by atoms with E-state index in [1.807, 2.05) is 0 Å². The summed E-state index contributed by atoms with van der Waals surface area (Å²) in [5, 5.41) is 0. The summed E-state index contributed by atoms with van der Waals surface area (Å²) in [6, 6.07) is 14.9. The smallest absolute Gasteiger partial charge is 0.423 e. The van der Waals surface area contributed by atoms with Crippen LogP contribution in [0, 0.1) is 11.6 Å². The van der Waals surface area contributed by atoms with Crippen molar-refractivity contribution in [1.82, 2.24) is 0 Å². The van der Waals surface area contributed by atoms with Crippen molar-refractivity contribution in [2.75, 3.05) is 0 Å². The molecule has 0 aliphatic heterocycles. The summed E-state index contributed by atoms with van der Waals surface area (Å²) in [6.45, 7) is 3.27. The third-order valence-corrected chi connectivity index (χ3v) is 5.59. The van der Waals surface area contributed by atoms with Crippen LogP contribution in [0.4, 0.5) is 35.1 Å². The first-order chi connectivity index (χ1) is 20.6. The summed E-state index contributed by atoms with van der Waals surface area (Å²) in [5.41, 5.74) is -0.544. The summed E-state index contributed by atoms with van der Waals surface area (Å²) in [6.07, 6.45) is -9.79. The van der Waals surface area contributed by atoms with Gasteiger partial charge in [-0.15, -0.1) is 26.3 Å². The van der Waals surface area contributed by atoms with E-state index in [1.54, 1.807) is 0 Å². The third kappa shape index (κ3) is 8.33. The van der Waals surface area contributed by atoms with Gasteiger partial charge in [0.1, 0.15) is 40.2 Å². The highest BCUT2D eigenvalue weighted by atomic mass is 19.4. The Morgan fingerprint density at radius 3 is 1.14 bits per heavy atom. The zero-order chi connectivity index (χ0) is 32.2. The van der Waals surface area contributed by atoms with Crippen molar-refractivity contribution in [2.45, 2.75) is 12.7 Å². The lowest BCUT2D eigenvalue weighted by molar-refractivity contribution is -0.275. The molecule has 0 atom stereocenters. The maximum Gasteiger partial charge on any atom is 0.573 e. The molecule has 0 bridgehead atoms. The van der Waals surface area contributed by atoms with Crippen molar-refractivity contribution >= 4 is 11.9 Å². The van der Waals surface area contributed by atoms with Gasteiger partial charge in [0.25, 0.3) is 0 Å². The van der Waals surface area contributed by atoms with E-state index in [9.17, 15) is 44.7 Å². The van der Waals surface area contributed by atoms with E-state index in [0.717, 1.165) is 48.5 Å². The number of hydrogen-bond acceptors (Lipinski definition) is 6. The van der Waals surface area contributed by atoms with Crippen molar-refractivity contribution in [3.05, 3.63) is 109 Å². The largest absolute Gasteiger partial charge is 0.573 e. The van der Waals surface area contributed by atoms with Gasteiger partial charge < -0.3 is 18.9 Å². The van der Waals surface area contributed by atoms with Crippen molar-refractivity contribution in [2.24, 2.45) is 0 Å². The summed E-state index contributed by atoms with van der Waals surface area (Å²) < 4.78 is 121. The molecule has 0 aliphatic rings. The number of ether oxygens (including phenoxy) is 4. The highest BCUT2D eigenvalue weighted by Crippen LogP contribution is 2.31. The van der Waals surface area contributed by atoms with Crippen LogP contribution >= 0.6 is 0 Å². The Balaban J connectivity index is 1.37. The SMILES string of the molecule is C=C(C(=O)Oc1ccc(-c2ccc(OC(F)(F)F)cc2)c(F)c1)C(=O)Oc1ccc(-c2ccc(OC(F)(F)F)cc2)c(F)c1. The molecular formula is C30H16F8O6. The fourth-order valence-corrected chi connectivity index (χ4v) is 3.68. The lowest BCUT2D eigenvalue weighted by Gasteiger charge is -2.11. The first-order valence-corrected chi connectivity index (χ1v) is 12.0. The highest BCUT2D eigenvalue weighted by molar-refractivity contribution is 6.14. The van der Waals surface area contributed by atoms with Gasteiger partial charge in [-0.1, -0.05) is 30.8 Å². The van der Waals surface area contributed by atoms with Gasteiger partial charge in [0, 0.05) is 23.3 Å². The molecule has 0 heterocycles. The van der Waals surface area contributed by atoms with Gasteiger partial charge in [-0.25, -0.2) is 18.4 Å². The number of benzene rings is 4. The van der Waals surface area contributed by atoms with Gasteiger partial charge in [-0.3, -0.25) is 0 Å². The van der Waals surface area contributed by atoms with Crippen LogP contribution in [0.2, 0.25) is 0 Å². The molecule has 0 saturated carbocycles. The second kappa shape index (κ2) is 12.5. The number of carbonyl (C=O) groups excluding carboxylic acids is 2. The summed E-state index contributed by atoms with van der Waals surface area (Å²) >= 11 is 0. The fourth-order valence-electron chi connectivity index (χ4n) is 3.68. The molecule has 0 saturated heterocycles. The summed E-state index contributed by atoms with van der Waals surface area (Å²) in [4.78, 5) is 24.8. The molecule has 4 aromatic rings. The predicted octanol–water partition coefficient (Wildman–Crippen LogP) is 8.16. The Labute approximate surface area is 242 Å². The normalized spacial score (nSPS) is 11.5. The van der Waals surface area contributed by atoms with E-state index in [1.165, 1.54) is 36.4 Å². The predicted molar refractivity (Wildman–Crippen MR) is 137 cm³/mol. The number of carbonyl (C=O) groups is 2. The van der Waals surface area contributed by atoms with Gasteiger partial charge >= 0.3 is 24.7 Å². The Kier molecular flexibility index (Phi) is 8.92. The van der Waals surface area contributed by atoms with Crippen LogP contribution in [0.3, 0.4) is 0 Å². The molecule has 44 heavy (non-hydrogen) atoms. The minimum Gasteiger partial charge on any atom is -0.423 e. The summed E-state index contributed by atoms with van der Waals surface area (Å²) in [7, 11) is 0. The Bertz CT molecular complexity index is 1570. The van der Waals surface area contributed by atoms with Crippen molar-refractivity contribution in [3.8, 4) is 45.3 Å². The van der Waals surface area contributed by atoms with E-state index < -0.39 is 53.4 Å². The van der Waals surface area contributed by atoms with Crippen LogP contribution in [-0.4, -0.2) is 24.7 Å². The minimum absolute atomic E-state index is 0.0438. The number of halogens is 8. The maximum absolute atomic E-state index is 14.7. The van der Waals surface area contributed by atoms with E-state index in [2.05, 4.69) is 16.1 Å². The first-order valence-electron chi connectivity index (χ1n) is 12.0. The maximum atomic E-state index is 14.7. The fraction of sp³-hybridized carbons (Fsp3) is 0.0667. The van der Waals surface area contributed by atoms with Crippen molar-refractivity contribution in [3.63, 3.8) is 0 Å². The van der Waals surface area contributed by atoms with Gasteiger partial charge in [0.15, 0.2) is 0 Å².